The molecule has 2 rings (SSSR count). The standard InChI is InChI=1S/C22H25Cl3N2O2/c1-4-20(22(29)26-14(2)3)27(13-16-9-10-17(23)12-19(16)25)21(28)11-15-7-5-6-8-18(15)24/h5-10,12,14,20H,4,11,13H2,1-3H3,(H,26,29). The van der Waals surface area contributed by atoms with Crippen LogP contribution in [0.15, 0.2) is 42.5 Å². The van der Waals surface area contributed by atoms with E-state index in [0.717, 1.165) is 5.56 Å². The van der Waals surface area contributed by atoms with Gasteiger partial charge in [0.25, 0.3) is 0 Å². The van der Waals surface area contributed by atoms with Crippen LogP contribution < -0.4 is 5.32 Å². The van der Waals surface area contributed by atoms with Gasteiger partial charge in [-0.1, -0.05) is 66.0 Å². The molecule has 0 saturated heterocycles. The monoisotopic (exact) mass is 454 g/mol. The first-order valence-electron chi connectivity index (χ1n) is 9.50. The van der Waals surface area contributed by atoms with E-state index in [-0.39, 0.29) is 30.8 Å². The summed E-state index contributed by atoms with van der Waals surface area (Å²) in [4.78, 5) is 27.6. The number of nitrogens with zero attached hydrogens (tertiary/aromatic N) is 1. The second-order valence-electron chi connectivity index (χ2n) is 7.11. The van der Waals surface area contributed by atoms with Gasteiger partial charge in [-0.15, -0.1) is 0 Å². The van der Waals surface area contributed by atoms with Crippen molar-refractivity contribution in [2.75, 3.05) is 0 Å². The van der Waals surface area contributed by atoms with Crippen LogP contribution in [0.1, 0.15) is 38.3 Å². The number of carbonyl (C=O) groups excluding carboxylic acids is 2. The molecule has 4 nitrogen and oxygen atoms in total. The number of benzene rings is 2. The summed E-state index contributed by atoms with van der Waals surface area (Å²) in [6.07, 6.45) is 0.564. The second kappa shape index (κ2) is 10.9. The highest BCUT2D eigenvalue weighted by Crippen LogP contribution is 2.25. The Balaban J connectivity index is 2.36. The van der Waals surface area contributed by atoms with Crippen molar-refractivity contribution in [1.82, 2.24) is 10.2 Å². The highest BCUT2D eigenvalue weighted by atomic mass is 35.5. The topological polar surface area (TPSA) is 49.4 Å². The first-order chi connectivity index (χ1) is 13.7. The fraction of sp³-hybridized carbons (Fsp3) is 0.364. The number of rotatable bonds is 8. The highest BCUT2D eigenvalue weighted by molar-refractivity contribution is 6.35. The molecule has 0 aliphatic heterocycles. The molecule has 0 aliphatic carbocycles. The van der Waals surface area contributed by atoms with Gasteiger partial charge in [0.05, 0.1) is 6.42 Å². The van der Waals surface area contributed by atoms with Crippen LogP contribution in [0.2, 0.25) is 15.1 Å². The van der Waals surface area contributed by atoms with Crippen molar-refractivity contribution in [3.05, 3.63) is 68.7 Å². The minimum Gasteiger partial charge on any atom is -0.352 e. The average Bonchev–Trinajstić information content (AvgIpc) is 2.64. The molecule has 1 atom stereocenters. The molecule has 0 aromatic heterocycles. The number of hydrogen-bond donors (Lipinski definition) is 1. The van der Waals surface area contributed by atoms with Crippen LogP contribution in [-0.2, 0) is 22.6 Å². The first-order valence-corrected chi connectivity index (χ1v) is 10.6. The molecule has 0 aliphatic rings. The van der Waals surface area contributed by atoms with Gasteiger partial charge in [0, 0.05) is 27.7 Å². The van der Waals surface area contributed by atoms with Crippen LogP contribution in [0.25, 0.3) is 0 Å². The fourth-order valence-corrected chi connectivity index (χ4v) is 3.71. The lowest BCUT2D eigenvalue weighted by molar-refractivity contribution is -0.141. The normalized spacial score (nSPS) is 12.0. The Morgan fingerprint density at radius 1 is 1.00 bits per heavy atom. The Bertz CT molecular complexity index is 871. The molecule has 1 unspecified atom stereocenters. The zero-order valence-corrected chi connectivity index (χ0v) is 19.0. The van der Waals surface area contributed by atoms with Crippen LogP contribution in [0.4, 0.5) is 0 Å². The van der Waals surface area contributed by atoms with Crippen LogP contribution in [0.3, 0.4) is 0 Å². The van der Waals surface area contributed by atoms with E-state index in [9.17, 15) is 9.59 Å². The van der Waals surface area contributed by atoms with Gasteiger partial charge < -0.3 is 10.2 Å². The summed E-state index contributed by atoms with van der Waals surface area (Å²) in [5.41, 5.74) is 1.44. The molecule has 156 valence electrons. The third kappa shape index (κ3) is 6.63. The Morgan fingerprint density at radius 2 is 1.69 bits per heavy atom. The SMILES string of the molecule is CCC(C(=O)NC(C)C)N(Cc1ccc(Cl)cc1Cl)C(=O)Cc1ccccc1Cl. The van der Waals surface area contributed by atoms with Crippen LogP contribution in [0, 0.1) is 0 Å². The maximum Gasteiger partial charge on any atom is 0.243 e. The van der Waals surface area contributed by atoms with Gasteiger partial charge in [0.2, 0.25) is 11.8 Å². The van der Waals surface area contributed by atoms with Crippen LogP contribution in [0.5, 0.6) is 0 Å². The minimum atomic E-state index is -0.626. The predicted octanol–water partition coefficient (Wildman–Crippen LogP) is 5.52. The van der Waals surface area contributed by atoms with Gasteiger partial charge in [0.15, 0.2) is 0 Å². The molecular weight excluding hydrogens is 431 g/mol. The fourth-order valence-electron chi connectivity index (χ4n) is 3.04. The Hall–Kier alpha value is -1.75. The second-order valence-corrected chi connectivity index (χ2v) is 8.36. The van der Waals surface area contributed by atoms with Crippen LogP contribution in [-0.4, -0.2) is 28.8 Å². The van der Waals surface area contributed by atoms with Gasteiger partial charge in [-0.2, -0.15) is 0 Å². The molecule has 2 amide bonds. The molecule has 0 spiro atoms. The molecule has 2 aromatic rings. The molecule has 29 heavy (non-hydrogen) atoms. The smallest absolute Gasteiger partial charge is 0.243 e. The molecule has 0 fully saturated rings. The zero-order chi connectivity index (χ0) is 21.6. The Labute approximate surface area is 187 Å². The van der Waals surface area contributed by atoms with Crippen molar-refractivity contribution in [1.29, 1.82) is 0 Å². The van der Waals surface area contributed by atoms with E-state index >= 15 is 0 Å². The van der Waals surface area contributed by atoms with E-state index in [0.29, 0.717) is 27.1 Å². The predicted molar refractivity (Wildman–Crippen MR) is 120 cm³/mol. The van der Waals surface area contributed by atoms with E-state index in [2.05, 4.69) is 5.32 Å². The number of hydrogen-bond acceptors (Lipinski definition) is 2. The Kier molecular flexibility index (Phi) is 8.81. The van der Waals surface area contributed by atoms with Crippen molar-refractivity contribution < 1.29 is 9.59 Å². The van der Waals surface area contributed by atoms with E-state index in [1.54, 1.807) is 29.2 Å². The van der Waals surface area contributed by atoms with Gasteiger partial charge in [-0.05, 0) is 49.6 Å². The summed E-state index contributed by atoms with van der Waals surface area (Å²) in [6, 6.07) is 11.7. The summed E-state index contributed by atoms with van der Waals surface area (Å²) in [5, 5.41) is 4.38. The molecule has 0 heterocycles. The number of amides is 2. The summed E-state index contributed by atoms with van der Waals surface area (Å²) in [5.74, 6) is -0.394. The van der Waals surface area contributed by atoms with Gasteiger partial charge in [-0.3, -0.25) is 9.59 Å². The van der Waals surface area contributed by atoms with E-state index < -0.39 is 6.04 Å². The number of halogens is 3. The van der Waals surface area contributed by atoms with Crippen molar-refractivity contribution in [3.8, 4) is 0 Å². The van der Waals surface area contributed by atoms with Crippen molar-refractivity contribution in [3.63, 3.8) is 0 Å². The lowest BCUT2D eigenvalue weighted by Gasteiger charge is -2.31. The molecule has 0 radical (unpaired) electrons. The summed E-state index contributed by atoms with van der Waals surface area (Å²) in [6.45, 7) is 5.85. The largest absolute Gasteiger partial charge is 0.352 e. The van der Waals surface area contributed by atoms with Crippen molar-refractivity contribution in [2.24, 2.45) is 0 Å². The van der Waals surface area contributed by atoms with Crippen molar-refractivity contribution in [2.45, 2.75) is 52.2 Å². The first kappa shape index (κ1) is 23.5. The quantitative estimate of drug-likeness (QED) is 0.569. The van der Waals surface area contributed by atoms with Gasteiger partial charge in [0.1, 0.15) is 6.04 Å². The number of nitrogens with one attached hydrogen (secondary N) is 1. The van der Waals surface area contributed by atoms with Gasteiger partial charge >= 0.3 is 0 Å². The molecular formula is C22H25Cl3N2O2. The molecule has 1 N–H and O–H groups in total. The lowest BCUT2D eigenvalue weighted by Crippen LogP contribution is -2.50. The maximum atomic E-state index is 13.3. The summed E-state index contributed by atoms with van der Waals surface area (Å²) in [7, 11) is 0. The molecule has 0 bridgehead atoms. The summed E-state index contributed by atoms with van der Waals surface area (Å²) < 4.78 is 0. The lowest BCUT2D eigenvalue weighted by atomic mass is 10.1. The third-order valence-electron chi connectivity index (χ3n) is 4.47. The average molecular weight is 456 g/mol. The minimum absolute atomic E-state index is 0.0313. The third-order valence-corrected chi connectivity index (χ3v) is 5.43. The number of carbonyl (C=O) groups is 2. The molecule has 7 heteroatoms. The van der Waals surface area contributed by atoms with Gasteiger partial charge in [-0.25, -0.2) is 0 Å². The zero-order valence-electron chi connectivity index (χ0n) is 16.7. The van der Waals surface area contributed by atoms with Crippen molar-refractivity contribution >= 4 is 46.6 Å². The van der Waals surface area contributed by atoms with Crippen LogP contribution >= 0.6 is 34.8 Å². The summed E-state index contributed by atoms with van der Waals surface area (Å²) >= 11 is 18.6. The highest BCUT2D eigenvalue weighted by Gasteiger charge is 2.29. The van der Waals surface area contributed by atoms with E-state index in [4.69, 9.17) is 34.8 Å². The molecule has 0 saturated carbocycles. The maximum absolute atomic E-state index is 13.3. The van der Waals surface area contributed by atoms with E-state index in [1.807, 2.05) is 39.0 Å². The molecule has 2 aromatic carbocycles. The Morgan fingerprint density at radius 3 is 2.28 bits per heavy atom. The van der Waals surface area contributed by atoms with E-state index in [1.165, 1.54) is 0 Å².